The summed E-state index contributed by atoms with van der Waals surface area (Å²) in [6.07, 6.45) is 6.79. The Balaban J connectivity index is 1.73. The molecule has 0 aliphatic carbocycles. The van der Waals surface area contributed by atoms with Crippen LogP contribution in [-0.2, 0) is 33.4 Å². The molecule has 1 spiro atoms. The van der Waals surface area contributed by atoms with Gasteiger partial charge in [-0.05, 0) is 37.2 Å². The lowest BCUT2D eigenvalue weighted by molar-refractivity contribution is -0.164. The Bertz CT molecular complexity index is 1340. The Morgan fingerprint density at radius 2 is 1.92 bits per heavy atom. The number of nitrogens with zero attached hydrogens (tertiary/aromatic N) is 2. The predicted octanol–water partition coefficient (Wildman–Crippen LogP) is 4.35. The molecule has 3 aliphatic rings. The smallest absolute Gasteiger partial charge is 0.313 e. The molecule has 3 saturated heterocycles. The van der Waals surface area contributed by atoms with Gasteiger partial charge in [0, 0.05) is 26.6 Å². The van der Waals surface area contributed by atoms with E-state index in [1.807, 2.05) is 44.2 Å². The minimum atomic E-state index is -1.25. The lowest BCUT2D eigenvalue weighted by Gasteiger charge is -2.41. The van der Waals surface area contributed by atoms with Gasteiger partial charge < -0.3 is 34.4 Å². The van der Waals surface area contributed by atoms with Crippen LogP contribution in [0.1, 0.15) is 83.8 Å². The van der Waals surface area contributed by atoms with Gasteiger partial charge in [0.05, 0.1) is 43.2 Å². The van der Waals surface area contributed by atoms with Gasteiger partial charge in [0.25, 0.3) is 0 Å². The molecule has 50 heavy (non-hydrogen) atoms. The van der Waals surface area contributed by atoms with Crippen molar-refractivity contribution in [1.29, 1.82) is 0 Å². The second-order valence-corrected chi connectivity index (χ2v) is 13.9. The van der Waals surface area contributed by atoms with Crippen LogP contribution in [-0.4, -0.2) is 102 Å². The number of esters is 1. The van der Waals surface area contributed by atoms with Gasteiger partial charge >= 0.3 is 5.97 Å². The molecule has 2 N–H and O–H groups in total. The number of hydrogen-bond acceptors (Lipinski definition) is 8. The Morgan fingerprint density at radius 1 is 1.18 bits per heavy atom. The third-order valence-electron chi connectivity index (χ3n) is 10.8. The van der Waals surface area contributed by atoms with Crippen LogP contribution < -0.4 is 5.32 Å². The average Bonchev–Trinajstić information content (AvgIpc) is 3.77. The number of benzene rings is 1. The van der Waals surface area contributed by atoms with E-state index in [1.165, 1.54) is 7.11 Å². The van der Waals surface area contributed by atoms with Gasteiger partial charge in [-0.1, -0.05) is 82.5 Å². The average molecular weight is 696 g/mol. The number of unbranched alkanes of at least 4 members (excludes halogenated alkanes) is 2. The SMILES string of the molecule is C=CCCC(=O)N[C@@H](COC)[C@@H](OC(=O)[C@@H]1[C@H]2C(=O)N([C@@H](CO)[C@@H](C)CC)[C@H](C(=O)N(CC=C)CCCCC)[C@]23CC[C@H]1O3)c1ccccc1. The molecule has 0 aromatic heterocycles. The highest BCUT2D eigenvalue weighted by molar-refractivity contribution is 5.98. The van der Waals surface area contributed by atoms with Crippen LogP contribution in [0.15, 0.2) is 55.6 Å². The molecule has 3 heterocycles. The van der Waals surface area contributed by atoms with Gasteiger partial charge in [-0.2, -0.15) is 0 Å². The first-order valence-corrected chi connectivity index (χ1v) is 18.3. The van der Waals surface area contributed by atoms with Crippen LogP contribution in [0.25, 0.3) is 0 Å². The molecule has 0 unspecified atom stereocenters. The number of ether oxygens (including phenoxy) is 3. The summed E-state index contributed by atoms with van der Waals surface area (Å²) in [4.78, 5) is 60.1. The number of aliphatic hydroxyl groups excluding tert-OH is 1. The van der Waals surface area contributed by atoms with E-state index in [2.05, 4.69) is 25.4 Å². The number of allylic oxidation sites excluding steroid dienone is 1. The third kappa shape index (κ3) is 8.00. The van der Waals surface area contributed by atoms with E-state index >= 15 is 0 Å². The Hall–Kier alpha value is -3.54. The highest BCUT2D eigenvalue weighted by Gasteiger charge is 2.76. The summed E-state index contributed by atoms with van der Waals surface area (Å²) in [5.74, 6) is -3.56. The first-order chi connectivity index (χ1) is 24.1. The molecule has 4 rings (SSSR count). The van der Waals surface area contributed by atoms with E-state index in [-0.39, 0.29) is 43.3 Å². The molecule has 1 aromatic carbocycles. The van der Waals surface area contributed by atoms with Crippen LogP contribution >= 0.6 is 0 Å². The predicted molar refractivity (Wildman–Crippen MR) is 190 cm³/mol. The zero-order chi connectivity index (χ0) is 36.4. The fourth-order valence-corrected chi connectivity index (χ4v) is 8.11. The van der Waals surface area contributed by atoms with Crippen molar-refractivity contribution in [2.75, 3.05) is 33.4 Å². The molecule has 11 heteroatoms. The fraction of sp³-hybridized carbons (Fsp3) is 0.641. The maximum atomic E-state index is 14.8. The van der Waals surface area contributed by atoms with Gasteiger partial charge in [-0.25, -0.2) is 0 Å². The summed E-state index contributed by atoms with van der Waals surface area (Å²) in [6.45, 7) is 14.2. The normalized spacial score (nSPS) is 26.1. The Morgan fingerprint density at radius 3 is 2.54 bits per heavy atom. The van der Waals surface area contributed by atoms with Crippen molar-refractivity contribution in [2.24, 2.45) is 17.8 Å². The van der Waals surface area contributed by atoms with Crippen LogP contribution in [0.4, 0.5) is 0 Å². The summed E-state index contributed by atoms with van der Waals surface area (Å²) >= 11 is 0. The highest BCUT2D eigenvalue weighted by Crippen LogP contribution is 2.59. The van der Waals surface area contributed by atoms with Gasteiger partial charge in [0.1, 0.15) is 17.7 Å². The largest absolute Gasteiger partial charge is 0.455 e. The number of rotatable bonds is 21. The molecule has 0 saturated carbocycles. The monoisotopic (exact) mass is 695 g/mol. The molecule has 2 bridgehead atoms. The highest BCUT2D eigenvalue weighted by atomic mass is 16.6. The zero-order valence-corrected chi connectivity index (χ0v) is 30.3. The number of nitrogens with one attached hydrogen (secondary N) is 1. The van der Waals surface area contributed by atoms with E-state index in [9.17, 15) is 24.3 Å². The van der Waals surface area contributed by atoms with Crippen molar-refractivity contribution in [3.05, 3.63) is 61.2 Å². The van der Waals surface area contributed by atoms with Crippen LogP contribution in [0.5, 0.6) is 0 Å². The van der Waals surface area contributed by atoms with Crippen LogP contribution in [0.3, 0.4) is 0 Å². The minimum absolute atomic E-state index is 0.0676. The molecule has 3 fully saturated rings. The topological polar surface area (TPSA) is 135 Å². The third-order valence-corrected chi connectivity index (χ3v) is 10.8. The van der Waals surface area contributed by atoms with E-state index in [0.29, 0.717) is 44.3 Å². The van der Waals surface area contributed by atoms with Gasteiger partial charge in [0.2, 0.25) is 17.7 Å². The maximum absolute atomic E-state index is 14.8. The van der Waals surface area contributed by atoms with Crippen molar-refractivity contribution in [1.82, 2.24) is 15.1 Å². The molecule has 3 amide bonds. The summed E-state index contributed by atoms with van der Waals surface area (Å²) < 4.78 is 18.5. The lowest BCUT2D eigenvalue weighted by Crippen LogP contribution is -2.59. The number of fused-ring (bicyclic) bond motifs is 1. The number of carbonyl (C=O) groups excluding carboxylic acids is 4. The lowest BCUT2D eigenvalue weighted by atomic mass is 9.70. The zero-order valence-electron chi connectivity index (χ0n) is 30.3. The van der Waals surface area contributed by atoms with Gasteiger partial charge in [-0.3, -0.25) is 19.2 Å². The molecule has 3 aliphatic heterocycles. The summed E-state index contributed by atoms with van der Waals surface area (Å²) in [5, 5.41) is 13.7. The molecular formula is C39H57N3O8. The molecule has 1 aromatic rings. The summed E-state index contributed by atoms with van der Waals surface area (Å²) in [7, 11) is 1.51. The second-order valence-electron chi connectivity index (χ2n) is 13.9. The minimum Gasteiger partial charge on any atom is -0.455 e. The first kappa shape index (κ1) is 39.2. The number of aliphatic hydroxyl groups is 1. The second kappa shape index (κ2) is 18.1. The molecular weight excluding hydrogens is 638 g/mol. The Labute approximate surface area is 297 Å². The number of likely N-dealkylation sites (tertiary alicyclic amines) is 1. The molecule has 11 nitrogen and oxygen atoms in total. The fourth-order valence-electron chi connectivity index (χ4n) is 8.11. The van der Waals surface area contributed by atoms with Crippen molar-refractivity contribution < 1.29 is 38.5 Å². The van der Waals surface area contributed by atoms with Crippen molar-refractivity contribution in [3.8, 4) is 0 Å². The van der Waals surface area contributed by atoms with Crippen molar-refractivity contribution in [3.63, 3.8) is 0 Å². The number of carbonyl (C=O) groups is 4. The molecule has 9 atom stereocenters. The van der Waals surface area contributed by atoms with Crippen LogP contribution in [0.2, 0.25) is 0 Å². The Kier molecular flexibility index (Phi) is 14.2. The maximum Gasteiger partial charge on any atom is 0.313 e. The quantitative estimate of drug-likeness (QED) is 0.110. The van der Waals surface area contributed by atoms with Gasteiger partial charge in [0.15, 0.2) is 0 Å². The number of hydrogen-bond donors (Lipinski definition) is 2. The van der Waals surface area contributed by atoms with Crippen LogP contribution in [0, 0.1) is 17.8 Å². The molecule has 0 radical (unpaired) electrons. The first-order valence-electron chi connectivity index (χ1n) is 18.3. The number of amides is 3. The van der Waals surface area contributed by atoms with E-state index < -0.39 is 53.7 Å². The molecule has 276 valence electrons. The standard InChI is InChI=1S/C39H57N3O8/c1-7-11-16-23-41(22-9-3)37(46)35-39-21-20-30(50-39)32(33(39)36(45)42(35)29(24-43)26(5)10-4)38(47)49-34(27-17-14-13-15-18-27)28(25-48-6)40-31(44)19-12-8-2/h8-9,13-15,17-18,26,28-30,32-35,43H,2-3,7,10-12,16,19-25H2,1,4-6H3,(H,40,44)/t26-,28-,29-,30+,32-,33-,34-,35+,39-/m0/s1. The van der Waals surface area contributed by atoms with Crippen molar-refractivity contribution >= 4 is 23.7 Å². The van der Waals surface area contributed by atoms with E-state index in [1.54, 1.807) is 22.0 Å². The number of methoxy groups -OCH3 is 1. The van der Waals surface area contributed by atoms with E-state index in [4.69, 9.17) is 14.2 Å². The summed E-state index contributed by atoms with van der Waals surface area (Å²) in [6, 6.07) is 6.75. The van der Waals surface area contributed by atoms with Gasteiger partial charge in [-0.15, -0.1) is 13.2 Å². The van der Waals surface area contributed by atoms with Crippen molar-refractivity contribution in [2.45, 2.75) is 108 Å². The summed E-state index contributed by atoms with van der Waals surface area (Å²) in [5.41, 5.74) is -0.594. The van der Waals surface area contributed by atoms with E-state index in [0.717, 1.165) is 19.3 Å².